The number of amides is 1. The van der Waals surface area contributed by atoms with Crippen molar-refractivity contribution in [1.29, 1.82) is 0 Å². The standard InChI is InChI=1S/C24H21N3O3S3/c1-27(20-9-3-2-4-10-20)33(29,30)21-11-7-8-18(14-21)26-24(28)22-12-5-6-13-23(22)32-16-19-15-31-17-25-19/h2-15,17H,16H2,1H3,(H,26,28). The van der Waals surface area contributed by atoms with E-state index in [-0.39, 0.29) is 10.8 Å². The van der Waals surface area contributed by atoms with Crippen molar-refractivity contribution in [2.75, 3.05) is 16.7 Å². The van der Waals surface area contributed by atoms with Gasteiger partial charge >= 0.3 is 0 Å². The third-order valence-electron chi connectivity index (χ3n) is 4.86. The first-order valence-electron chi connectivity index (χ1n) is 9.99. The summed E-state index contributed by atoms with van der Waals surface area (Å²) in [4.78, 5) is 18.2. The van der Waals surface area contributed by atoms with Crippen LogP contribution in [0.3, 0.4) is 0 Å². The van der Waals surface area contributed by atoms with E-state index in [0.717, 1.165) is 10.6 Å². The van der Waals surface area contributed by atoms with Gasteiger partial charge in [-0.1, -0.05) is 36.4 Å². The summed E-state index contributed by atoms with van der Waals surface area (Å²) in [5.74, 6) is 0.357. The molecular weight excluding hydrogens is 474 g/mol. The van der Waals surface area contributed by atoms with Crippen molar-refractivity contribution in [3.8, 4) is 0 Å². The quantitative estimate of drug-likeness (QED) is 0.326. The summed E-state index contributed by atoms with van der Waals surface area (Å²) in [5, 5.41) is 4.81. The molecule has 0 aliphatic heterocycles. The smallest absolute Gasteiger partial charge is 0.264 e. The molecule has 1 N–H and O–H groups in total. The maximum Gasteiger partial charge on any atom is 0.264 e. The number of sulfonamides is 1. The normalized spacial score (nSPS) is 11.2. The number of thioether (sulfide) groups is 1. The number of nitrogens with zero attached hydrogens (tertiary/aromatic N) is 2. The van der Waals surface area contributed by atoms with Gasteiger partial charge in [-0.15, -0.1) is 23.1 Å². The third-order valence-corrected chi connectivity index (χ3v) is 8.38. The minimum Gasteiger partial charge on any atom is -0.322 e. The van der Waals surface area contributed by atoms with E-state index in [1.54, 1.807) is 54.0 Å². The van der Waals surface area contributed by atoms with Crippen LogP contribution in [0.1, 0.15) is 16.1 Å². The number of para-hydroxylation sites is 1. The van der Waals surface area contributed by atoms with Crippen LogP contribution in [0.2, 0.25) is 0 Å². The Kier molecular flexibility index (Phi) is 7.12. The summed E-state index contributed by atoms with van der Waals surface area (Å²) in [6, 6.07) is 22.4. The van der Waals surface area contributed by atoms with Gasteiger partial charge in [0.1, 0.15) is 0 Å². The second kappa shape index (κ2) is 10.2. The molecule has 33 heavy (non-hydrogen) atoms. The van der Waals surface area contributed by atoms with Gasteiger partial charge in [0.05, 0.1) is 27.4 Å². The monoisotopic (exact) mass is 495 g/mol. The van der Waals surface area contributed by atoms with E-state index in [1.165, 1.54) is 46.6 Å². The van der Waals surface area contributed by atoms with Gasteiger partial charge in [0.25, 0.3) is 15.9 Å². The van der Waals surface area contributed by atoms with Crippen molar-refractivity contribution in [3.63, 3.8) is 0 Å². The molecule has 0 spiro atoms. The van der Waals surface area contributed by atoms with Gasteiger partial charge in [-0.3, -0.25) is 9.10 Å². The molecule has 1 amide bonds. The lowest BCUT2D eigenvalue weighted by molar-refractivity contribution is 0.102. The molecule has 4 rings (SSSR count). The van der Waals surface area contributed by atoms with E-state index >= 15 is 0 Å². The average molecular weight is 496 g/mol. The molecule has 4 aromatic rings. The zero-order valence-corrected chi connectivity index (χ0v) is 20.2. The lowest BCUT2D eigenvalue weighted by Gasteiger charge is -2.20. The number of anilines is 2. The number of hydrogen-bond acceptors (Lipinski definition) is 6. The van der Waals surface area contributed by atoms with Crippen LogP contribution in [0.15, 0.2) is 99.5 Å². The molecule has 3 aromatic carbocycles. The molecule has 6 nitrogen and oxygen atoms in total. The molecule has 0 fully saturated rings. The van der Waals surface area contributed by atoms with E-state index < -0.39 is 10.0 Å². The van der Waals surface area contributed by atoms with Crippen molar-refractivity contribution < 1.29 is 13.2 Å². The molecule has 0 radical (unpaired) electrons. The van der Waals surface area contributed by atoms with Crippen LogP contribution in [-0.2, 0) is 15.8 Å². The predicted molar refractivity (Wildman–Crippen MR) is 135 cm³/mol. The van der Waals surface area contributed by atoms with Gasteiger partial charge in [0.15, 0.2) is 0 Å². The van der Waals surface area contributed by atoms with Gasteiger partial charge in [-0.2, -0.15) is 0 Å². The van der Waals surface area contributed by atoms with Gasteiger partial charge < -0.3 is 5.32 Å². The van der Waals surface area contributed by atoms with Crippen LogP contribution in [0.5, 0.6) is 0 Å². The summed E-state index contributed by atoms with van der Waals surface area (Å²) in [5.41, 5.74) is 4.22. The summed E-state index contributed by atoms with van der Waals surface area (Å²) < 4.78 is 27.4. The fourth-order valence-electron chi connectivity index (χ4n) is 3.11. The van der Waals surface area contributed by atoms with Gasteiger partial charge in [-0.05, 0) is 42.5 Å². The fourth-order valence-corrected chi connectivity index (χ4v) is 5.97. The van der Waals surface area contributed by atoms with Gasteiger partial charge in [0.2, 0.25) is 0 Å². The Morgan fingerprint density at radius 1 is 1.03 bits per heavy atom. The number of carbonyl (C=O) groups excluding carboxylic acids is 1. The second-order valence-electron chi connectivity index (χ2n) is 7.05. The number of nitrogens with one attached hydrogen (secondary N) is 1. The predicted octanol–water partition coefficient (Wildman–Crippen LogP) is 5.51. The lowest BCUT2D eigenvalue weighted by Crippen LogP contribution is -2.26. The Labute approximate surface area is 201 Å². The molecule has 0 aliphatic rings. The van der Waals surface area contributed by atoms with Crippen molar-refractivity contribution in [3.05, 3.63) is 101 Å². The van der Waals surface area contributed by atoms with Crippen LogP contribution < -0.4 is 9.62 Å². The van der Waals surface area contributed by atoms with E-state index in [2.05, 4.69) is 10.3 Å². The summed E-state index contributed by atoms with van der Waals surface area (Å²) in [7, 11) is -2.28. The molecule has 1 heterocycles. The molecule has 0 atom stereocenters. The lowest BCUT2D eigenvalue weighted by atomic mass is 10.2. The summed E-state index contributed by atoms with van der Waals surface area (Å²) in [6.45, 7) is 0. The summed E-state index contributed by atoms with van der Waals surface area (Å²) in [6.07, 6.45) is 0. The molecular formula is C24H21N3O3S3. The van der Waals surface area contributed by atoms with E-state index in [9.17, 15) is 13.2 Å². The largest absolute Gasteiger partial charge is 0.322 e. The minimum absolute atomic E-state index is 0.0952. The third kappa shape index (κ3) is 5.44. The van der Waals surface area contributed by atoms with Crippen molar-refractivity contribution >= 4 is 50.4 Å². The molecule has 0 aliphatic carbocycles. The van der Waals surface area contributed by atoms with Gasteiger partial charge in [0, 0.05) is 28.8 Å². The maximum atomic E-state index is 13.1. The molecule has 0 bridgehead atoms. The highest BCUT2D eigenvalue weighted by molar-refractivity contribution is 7.98. The van der Waals surface area contributed by atoms with Crippen LogP contribution in [-0.4, -0.2) is 26.4 Å². The highest BCUT2D eigenvalue weighted by Crippen LogP contribution is 2.28. The van der Waals surface area contributed by atoms with Crippen molar-refractivity contribution in [2.45, 2.75) is 15.5 Å². The van der Waals surface area contributed by atoms with Crippen LogP contribution >= 0.6 is 23.1 Å². The van der Waals surface area contributed by atoms with Crippen molar-refractivity contribution in [2.24, 2.45) is 0 Å². The number of benzene rings is 3. The highest BCUT2D eigenvalue weighted by Gasteiger charge is 2.22. The van der Waals surface area contributed by atoms with Crippen LogP contribution in [0.25, 0.3) is 0 Å². The number of aromatic nitrogens is 1. The first-order valence-corrected chi connectivity index (χ1v) is 13.4. The zero-order chi connectivity index (χ0) is 23.3. The number of hydrogen-bond donors (Lipinski definition) is 1. The first-order chi connectivity index (χ1) is 15.9. The van der Waals surface area contributed by atoms with Gasteiger partial charge in [-0.25, -0.2) is 13.4 Å². The Morgan fingerprint density at radius 3 is 2.55 bits per heavy atom. The molecule has 0 unspecified atom stereocenters. The SMILES string of the molecule is CN(c1ccccc1)S(=O)(=O)c1cccc(NC(=O)c2ccccc2SCc2cscn2)c1. The Hall–Kier alpha value is -3.14. The number of carbonyl (C=O) groups is 1. The average Bonchev–Trinajstić information content (AvgIpc) is 3.37. The van der Waals surface area contributed by atoms with E-state index in [4.69, 9.17) is 0 Å². The molecule has 0 saturated carbocycles. The summed E-state index contributed by atoms with van der Waals surface area (Å²) >= 11 is 3.07. The topological polar surface area (TPSA) is 79.4 Å². The Balaban J connectivity index is 1.53. The molecule has 0 saturated heterocycles. The molecule has 1 aromatic heterocycles. The first kappa shape index (κ1) is 23.0. The van der Waals surface area contributed by atoms with E-state index in [1.807, 2.05) is 23.6 Å². The number of rotatable bonds is 8. The molecule has 9 heteroatoms. The second-order valence-corrected chi connectivity index (χ2v) is 10.8. The van der Waals surface area contributed by atoms with Crippen molar-refractivity contribution in [1.82, 2.24) is 4.98 Å². The Morgan fingerprint density at radius 2 is 1.79 bits per heavy atom. The Bertz CT molecular complexity index is 1340. The van der Waals surface area contributed by atoms with Crippen LogP contribution in [0.4, 0.5) is 11.4 Å². The highest BCUT2D eigenvalue weighted by atomic mass is 32.2. The number of thiazole rings is 1. The fraction of sp³-hybridized carbons (Fsp3) is 0.0833. The van der Waals surface area contributed by atoms with Crippen LogP contribution in [0, 0.1) is 0 Å². The van der Waals surface area contributed by atoms with E-state index in [0.29, 0.717) is 22.7 Å². The molecule has 168 valence electrons. The minimum atomic E-state index is -3.78. The maximum absolute atomic E-state index is 13.1. The zero-order valence-electron chi connectivity index (χ0n) is 17.7.